The summed E-state index contributed by atoms with van der Waals surface area (Å²) in [7, 11) is -3.54. The fourth-order valence-electron chi connectivity index (χ4n) is 2.43. The Morgan fingerprint density at radius 1 is 1.43 bits per heavy atom. The Kier molecular flexibility index (Phi) is 4.77. The van der Waals surface area contributed by atoms with E-state index in [2.05, 4.69) is 5.32 Å². The van der Waals surface area contributed by atoms with Gasteiger partial charge in [0.2, 0.25) is 10.0 Å². The van der Waals surface area contributed by atoms with Crippen molar-refractivity contribution in [3.63, 3.8) is 0 Å². The average molecular weight is 316 g/mol. The largest absolute Gasteiger partial charge is 0.464 e. The van der Waals surface area contributed by atoms with E-state index >= 15 is 0 Å². The average Bonchev–Trinajstić information content (AvgIpc) is 2.77. The molecular formula is C14H24N2O4S. The first kappa shape index (κ1) is 16.5. The van der Waals surface area contributed by atoms with Crippen LogP contribution >= 0.6 is 0 Å². The molecule has 0 amide bonds. The van der Waals surface area contributed by atoms with Crippen LogP contribution in [0.2, 0.25) is 0 Å². The molecule has 0 atom stereocenters. The molecule has 1 aliphatic rings. The molecule has 1 saturated heterocycles. The molecule has 1 aliphatic heterocycles. The first-order chi connectivity index (χ1) is 9.76. The van der Waals surface area contributed by atoms with E-state index in [4.69, 9.17) is 9.15 Å². The van der Waals surface area contributed by atoms with Gasteiger partial charge in [0.25, 0.3) is 0 Å². The second-order valence-electron chi connectivity index (χ2n) is 5.86. The van der Waals surface area contributed by atoms with Crippen LogP contribution in [0.3, 0.4) is 0 Å². The number of aryl methyl sites for hydroxylation is 1. The molecule has 1 aromatic rings. The third-order valence-corrected chi connectivity index (χ3v) is 5.43. The number of hydrogen-bond acceptors (Lipinski definition) is 5. The zero-order chi connectivity index (χ0) is 15.7. The highest BCUT2D eigenvalue weighted by atomic mass is 32.2. The van der Waals surface area contributed by atoms with Crippen LogP contribution < -0.4 is 5.32 Å². The van der Waals surface area contributed by atoms with E-state index in [9.17, 15) is 8.42 Å². The molecule has 1 aromatic heterocycles. The molecule has 0 aliphatic carbocycles. The lowest BCUT2D eigenvalue weighted by Gasteiger charge is -2.37. The van der Waals surface area contributed by atoms with Crippen molar-refractivity contribution in [1.82, 2.24) is 9.62 Å². The number of nitrogens with one attached hydrogen (secondary N) is 1. The summed E-state index contributed by atoms with van der Waals surface area (Å²) in [5, 5.41) is 3.13. The molecule has 0 aromatic carbocycles. The Bertz CT molecular complexity index is 592. The number of hydrogen-bond donors (Lipinski definition) is 1. The lowest BCUT2D eigenvalue weighted by molar-refractivity contribution is -0.0640. The van der Waals surface area contributed by atoms with Crippen molar-refractivity contribution >= 4 is 10.0 Å². The molecule has 2 heterocycles. The molecule has 1 fully saturated rings. The Balaban J connectivity index is 2.25. The van der Waals surface area contributed by atoms with Gasteiger partial charge in [0.1, 0.15) is 16.4 Å². The van der Waals surface area contributed by atoms with Crippen LogP contribution in [0.5, 0.6) is 0 Å². The first-order valence-corrected chi connectivity index (χ1v) is 8.64. The van der Waals surface area contributed by atoms with Crippen molar-refractivity contribution in [2.45, 2.75) is 44.7 Å². The monoisotopic (exact) mass is 316 g/mol. The topological polar surface area (TPSA) is 71.8 Å². The van der Waals surface area contributed by atoms with Gasteiger partial charge in [-0.15, -0.1) is 0 Å². The molecular weight excluding hydrogens is 292 g/mol. The lowest BCUT2D eigenvalue weighted by atomic mass is 10.1. The predicted octanol–water partition coefficient (Wildman–Crippen LogP) is 1.50. The molecule has 6 nitrogen and oxygen atoms in total. The molecule has 7 heteroatoms. The quantitative estimate of drug-likeness (QED) is 0.891. The van der Waals surface area contributed by atoms with Gasteiger partial charge in [-0.2, -0.15) is 4.31 Å². The third-order valence-electron chi connectivity index (χ3n) is 3.48. The first-order valence-electron chi connectivity index (χ1n) is 7.20. The van der Waals surface area contributed by atoms with E-state index in [1.54, 1.807) is 13.0 Å². The highest BCUT2D eigenvalue weighted by Crippen LogP contribution is 2.27. The van der Waals surface area contributed by atoms with Crippen molar-refractivity contribution in [1.29, 1.82) is 0 Å². The normalized spacial score (nSPS) is 19.8. The van der Waals surface area contributed by atoms with Crippen molar-refractivity contribution in [3.05, 3.63) is 17.6 Å². The van der Waals surface area contributed by atoms with E-state index in [1.165, 1.54) is 4.31 Å². The van der Waals surface area contributed by atoms with E-state index in [0.717, 1.165) is 6.54 Å². The molecule has 1 N–H and O–H groups in total. The maximum absolute atomic E-state index is 12.8. The predicted molar refractivity (Wildman–Crippen MR) is 79.6 cm³/mol. The SMILES string of the molecule is CCNCc1cc(S(=O)(=O)N2CCOC(C)(C)C2)c(C)o1. The van der Waals surface area contributed by atoms with Crippen LogP contribution in [0.25, 0.3) is 0 Å². The third kappa shape index (κ3) is 3.66. The van der Waals surface area contributed by atoms with Crippen molar-refractivity contribution in [3.8, 4) is 0 Å². The van der Waals surface area contributed by atoms with Crippen LogP contribution in [-0.2, 0) is 21.3 Å². The van der Waals surface area contributed by atoms with E-state index in [-0.39, 0.29) is 4.90 Å². The van der Waals surface area contributed by atoms with Gasteiger partial charge in [0, 0.05) is 19.2 Å². The maximum atomic E-state index is 12.8. The molecule has 0 bridgehead atoms. The summed E-state index contributed by atoms with van der Waals surface area (Å²) in [5.74, 6) is 1.08. The summed E-state index contributed by atoms with van der Waals surface area (Å²) in [5.41, 5.74) is -0.463. The molecule has 21 heavy (non-hydrogen) atoms. The zero-order valence-electron chi connectivity index (χ0n) is 13.1. The molecule has 2 rings (SSSR count). The standard InChI is InChI=1S/C14H24N2O4S/c1-5-15-9-12-8-13(11(2)20-12)21(17,18)16-6-7-19-14(3,4)10-16/h8,15H,5-7,9-10H2,1-4H3. The summed E-state index contributed by atoms with van der Waals surface area (Å²) in [6, 6.07) is 1.62. The number of nitrogens with zero attached hydrogens (tertiary/aromatic N) is 1. The van der Waals surface area contributed by atoms with Crippen molar-refractivity contribution in [2.24, 2.45) is 0 Å². The number of furan rings is 1. The van der Waals surface area contributed by atoms with E-state index in [0.29, 0.717) is 37.8 Å². The van der Waals surface area contributed by atoms with Gasteiger partial charge in [-0.05, 0) is 27.3 Å². The van der Waals surface area contributed by atoms with Gasteiger partial charge in [0.15, 0.2) is 0 Å². The highest BCUT2D eigenvalue weighted by Gasteiger charge is 2.36. The van der Waals surface area contributed by atoms with Crippen LogP contribution in [0.4, 0.5) is 0 Å². The zero-order valence-corrected chi connectivity index (χ0v) is 13.9. The van der Waals surface area contributed by atoms with Crippen LogP contribution in [-0.4, -0.2) is 44.6 Å². The van der Waals surface area contributed by atoms with Gasteiger partial charge in [0.05, 0.1) is 18.8 Å². The van der Waals surface area contributed by atoms with Crippen molar-refractivity contribution < 1.29 is 17.6 Å². The number of morpholine rings is 1. The van der Waals surface area contributed by atoms with Gasteiger partial charge >= 0.3 is 0 Å². The van der Waals surface area contributed by atoms with E-state index < -0.39 is 15.6 Å². The van der Waals surface area contributed by atoms with Crippen LogP contribution in [0.1, 0.15) is 32.3 Å². The smallest absolute Gasteiger partial charge is 0.246 e. The summed E-state index contributed by atoms with van der Waals surface area (Å²) in [6.45, 7) is 9.94. The van der Waals surface area contributed by atoms with Crippen LogP contribution in [0, 0.1) is 6.92 Å². The number of ether oxygens (including phenoxy) is 1. The summed E-state index contributed by atoms with van der Waals surface area (Å²) < 4.78 is 38.1. The summed E-state index contributed by atoms with van der Waals surface area (Å²) in [4.78, 5) is 0.258. The van der Waals surface area contributed by atoms with Crippen LogP contribution in [0.15, 0.2) is 15.4 Å². The second kappa shape index (κ2) is 6.08. The van der Waals surface area contributed by atoms with Gasteiger partial charge in [-0.25, -0.2) is 8.42 Å². The van der Waals surface area contributed by atoms with Gasteiger partial charge < -0.3 is 14.5 Å². The van der Waals surface area contributed by atoms with Crippen molar-refractivity contribution in [2.75, 3.05) is 26.2 Å². The maximum Gasteiger partial charge on any atom is 0.246 e. The molecule has 0 radical (unpaired) electrons. The van der Waals surface area contributed by atoms with Gasteiger partial charge in [-0.1, -0.05) is 6.92 Å². The Morgan fingerprint density at radius 2 is 2.14 bits per heavy atom. The molecule has 0 unspecified atom stereocenters. The minimum Gasteiger partial charge on any atom is -0.464 e. The molecule has 0 spiro atoms. The molecule has 120 valence electrons. The summed E-state index contributed by atoms with van der Waals surface area (Å²) in [6.07, 6.45) is 0. The Hall–Kier alpha value is -0.890. The molecule has 0 saturated carbocycles. The minimum atomic E-state index is -3.54. The van der Waals surface area contributed by atoms with Gasteiger partial charge in [-0.3, -0.25) is 0 Å². The minimum absolute atomic E-state index is 0.258. The van der Waals surface area contributed by atoms with E-state index in [1.807, 2.05) is 20.8 Å². The summed E-state index contributed by atoms with van der Waals surface area (Å²) >= 11 is 0. The Labute approximate surface area is 126 Å². The lowest BCUT2D eigenvalue weighted by Crippen LogP contribution is -2.50. The number of sulfonamides is 1. The highest BCUT2D eigenvalue weighted by molar-refractivity contribution is 7.89. The number of rotatable bonds is 5. The fraction of sp³-hybridized carbons (Fsp3) is 0.714. The Morgan fingerprint density at radius 3 is 2.76 bits per heavy atom. The fourth-order valence-corrected chi connectivity index (χ4v) is 4.19. The second-order valence-corrected chi connectivity index (χ2v) is 7.77.